The fourth-order valence-electron chi connectivity index (χ4n) is 3.06. The SMILES string of the molecule is Cc1nc(C)c(Cc2ccccc2)c(NCc2csc(-c3ccccn3)n2)n1. The molecule has 4 aromatic rings. The van der Waals surface area contributed by atoms with Crippen LogP contribution < -0.4 is 5.32 Å². The minimum Gasteiger partial charge on any atom is -0.364 e. The Kier molecular flexibility index (Phi) is 5.39. The molecule has 1 N–H and O–H groups in total. The number of nitrogens with one attached hydrogen (secondary N) is 1. The van der Waals surface area contributed by atoms with Gasteiger partial charge < -0.3 is 5.32 Å². The highest BCUT2D eigenvalue weighted by Crippen LogP contribution is 2.24. The fraction of sp³-hybridized carbons (Fsp3) is 0.182. The van der Waals surface area contributed by atoms with Crippen molar-refractivity contribution in [3.8, 4) is 10.7 Å². The van der Waals surface area contributed by atoms with E-state index in [1.807, 2.05) is 38.1 Å². The minimum atomic E-state index is 0.612. The van der Waals surface area contributed by atoms with Gasteiger partial charge in [0.15, 0.2) is 0 Å². The number of anilines is 1. The lowest BCUT2D eigenvalue weighted by atomic mass is 10.0. The maximum Gasteiger partial charge on any atom is 0.142 e. The van der Waals surface area contributed by atoms with Crippen molar-refractivity contribution in [3.63, 3.8) is 0 Å². The molecule has 0 spiro atoms. The molecule has 0 aliphatic rings. The smallest absolute Gasteiger partial charge is 0.142 e. The van der Waals surface area contributed by atoms with Crippen molar-refractivity contribution in [2.75, 3.05) is 5.32 Å². The Bertz CT molecular complexity index is 1060. The van der Waals surface area contributed by atoms with E-state index >= 15 is 0 Å². The average Bonchev–Trinajstić information content (AvgIpc) is 3.19. The summed E-state index contributed by atoms with van der Waals surface area (Å²) in [4.78, 5) is 18.3. The van der Waals surface area contributed by atoms with Crippen LogP contribution in [-0.4, -0.2) is 19.9 Å². The van der Waals surface area contributed by atoms with Crippen LogP contribution in [0.2, 0.25) is 0 Å². The Morgan fingerprint density at radius 3 is 2.54 bits per heavy atom. The molecule has 3 heterocycles. The first kappa shape index (κ1) is 18.3. The molecule has 0 aliphatic carbocycles. The van der Waals surface area contributed by atoms with E-state index in [0.717, 1.165) is 45.7 Å². The Labute approximate surface area is 168 Å². The van der Waals surface area contributed by atoms with Gasteiger partial charge in [0.1, 0.15) is 16.6 Å². The largest absolute Gasteiger partial charge is 0.364 e. The van der Waals surface area contributed by atoms with Gasteiger partial charge in [-0.2, -0.15) is 0 Å². The summed E-state index contributed by atoms with van der Waals surface area (Å²) in [7, 11) is 0. The van der Waals surface area contributed by atoms with Crippen LogP contribution >= 0.6 is 11.3 Å². The van der Waals surface area contributed by atoms with Gasteiger partial charge in [-0.1, -0.05) is 36.4 Å². The van der Waals surface area contributed by atoms with Gasteiger partial charge in [0, 0.05) is 29.3 Å². The second-order valence-corrected chi connectivity index (χ2v) is 7.42. The molecule has 5 nitrogen and oxygen atoms in total. The summed E-state index contributed by atoms with van der Waals surface area (Å²) >= 11 is 1.60. The van der Waals surface area contributed by atoms with Crippen molar-refractivity contribution >= 4 is 17.2 Å². The van der Waals surface area contributed by atoms with E-state index in [1.54, 1.807) is 17.5 Å². The van der Waals surface area contributed by atoms with Gasteiger partial charge in [-0.3, -0.25) is 4.98 Å². The first-order chi connectivity index (χ1) is 13.7. The third kappa shape index (κ3) is 4.23. The molecule has 0 amide bonds. The number of aromatic nitrogens is 4. The Hall–Kier alpha value is -3.12. The van der Waals surface area contributed by atoms with Crippen LogP contribution in [0, 0.1) is 13.8 Å². The van der Waals surface area contributed by atoms with Crippen molar-refractivity contribution in [2.24, 2.45) is 0 Å². The first-order valence-corrected chi connectivity index (χ1v) is 10.0. The second-order valence-electron chi connectivity index (χ2n) is 6.56. The predicted octanol–water partition coefficient (Wildman–Crippen LogP) is 4.81. The van der Waals surface area contributed by atoms with Crippen LogP contribution in [0.1, 0.15) is 28.3 Å². The lowest BCUT2D eigenvalue weighted by Crippen LogP contribution is -2.10. The molecule has 1 aromatic carbocycles. The van der Waals surface area contributed by atoms with Crippen molar-refractivity contribution in [3.05, 3.63) is 88.4 Å². The van der Waals surface area contributed by atoms with Crippen molar-refractivity contribution in [2.45, 2.75) is 26.8 Å². The molecule has 28 heavy (non-hydrogen) atoms. The van der Waals surface area contributed by atoms with E-state index in [2.05, 4.69) is 49.9 Å². The van der Waals surface area contributed by atoms with E-state index in [4.69, 9.17) is 4.98 Å². The maximum absolute atomic E-state index is 4.70. The van der Waals surface area contributed by atoms with E-state index in [9.17, 15) is 0 Å². The minimum absolute atomic E-state index is 0.612. The number of pyridine rings is 1. The molecule has 0 radical (unpaired) electrons. The second kappa shape index (κ2) is 8.27. The normalized spacial score (nSPS) is 10.8. The summed E-state index contributed by atoms with van der Waals surface area (Å²) in [5.41, 5.74) is 5.25. The number of benzene rings is 1. The number of hydrogen-bond acceptors (Lipinski definition) is 6. The number of nitrogens with zero attached hydrogens (tertiary/aromatic N) is 4. The summed E-state index contributed by atoms with van der Waals surface area (Å²) in [5, 5.41) is 6.46. The summed E-state index contributed by atoms with van der Waals surface area (Å²) in [6.45, 7) is 4.58. The molecule has 0 saturated heterocycles. The van der Waals surface area contributed by atoms with Crippen LogP contribution in [-0.2, 0) is 13.0 Å². The van der Waals surface area contributed by atoms with Gasteiger partial charge in [-0.05, 0) is 31.5 Å². The highest BCUT2D eigenvalue weighted by molar-refractivity contribution is 7.13. The quantitative estimate of drug-likeness (QED) is 0.514. The van der Waals surface area contributed by atoms with Crippen LogP contribution in [0.5, 0.6) is 0 Å². The molecule has 0 atom stereocenters. The lowest BCUT2D eigenvalue weighted by Gasteiger charge is -2.13. The van der Waals surface area contributed by atoms with Crippen LogP contribution in [0.4, 0.5) is 5.82 Å². The molecule has 0 unspecified atom stereocenters. The molecule has 0 bridgehead atoms. The van der Waals surface area contributed by atoms with Crippen LogP contribution in [0.3, 0.4) is 0 Å². The van der Waals surface area contributed by atoms with Gasteiger partial charge in [-0.15, -0.1) is 11.3 Å². The lowest BCUT2D eigenvalue weighted by molar-refractivity contribution is 0.940. The van der Waals surface area contributed by atoms with Crippen molar-refractivity contribution in [1.82, 2.24) is 19.9 Å². The van der Waals surface area contributed by atoms with E-state index in [0.29, 0.717) is 6.54 Å². The molecular weight excluding hydrogens is 366 g/mol. The fourth-order valence-corrected chi connectivity index (χ4v) is 3.86. The third-order valence-corrected chi connectivity index (χ3v) is 5.34. The Morgan fingerprint density at radius 1 is 0.929 bits per heavy atom. The standard InChI is InChI=1S/C22H21N5S/c1-15-19(12-17-8-4-3-5-9-17)21(26-16(2)25-15)24-13-18-14-28-22(27-18)20-10-6-7-11-23-20/h3-11,14H,12-13H2,1-2H3,(H,24,25,26). The summed E-state index contributed by atoms with van der Waals surface area (Å²) in [5.74, 6) is 1.64. The van der Waals surface area contributed by atoms with E-state index in [1.165, 1.54) is 5.56 Å². The van der Waals surface area contributed by atoms with Crippen molar-refractivity contribution in [1.29, 1.82) is 0 Å². The average molecular weight is 388 g/mol. The predicted molar refractivity (Wildman–Crippen MR) is 113 cm³/mol. The molecule has 140 valence electrons. The Balaban J connectivity index is 1.54. The zero-order chi connectivity index (χ0) is 19.3. The van der Waals surface area contributed by atoms with Crippen molar-refractivity contribution < 1.29 is 0 Å². The van der Waals surface area contributed by atoms with Gasteiger partial charge in [0.25, 0.3) is 0 Å². The van der Waals surface area contributed by atoms with Gasteiger partial charge >= 0.3 is 0 Å². The highest BCUT2D eigenvalue weighted by atomic mass is 32.1. The monoisotopic (exact) mass is 387 g/mol. The number of aryl methyl sites for hydroxylation is 2. The number of rotatable bonds is 6. The molecular formula is C22H21N5S. The molecule has 6 heteroatoms. The number of hydrogen-bond donors (Lipinski definition) is 1. The van der Waals surface area contributed by atoms with Gasteiger partial charge in [0.2, 0.25) is 0 Å². The summed E-state index contributed by atoms with van der Waals surface area (Å²) < 4.78 is 0. The third-order valence-electron chi connectivity index (χ3n) is 4.42. The Morgan fingerprint density at radius 2 is 1.75 bits per heavy atom. The van der Waals surface area contributed by atoms with E-state index < -0.39 is 0 Å². The molecule has 3 aromatic heterocycles. The van der Waals surface area contributed by atoms with Gasteiger partial charge in [0.05, 0.1) is 17.9 Å². The molecule has 4 rings (SSSR count). The molecule has 0 fully saturated rings. The molecule has 0 aliphatic heterocycles. The zero-order valence-electron chi connectivity index (χ0n) is 15.9. The zero-order valence-corrected chi connectivity index (χ0v) is 16.7. The first-order valence-electron chi connectivity index (χ1n) is 9.17. The topological polar surface area (TPSA) is 63.6 Å². The van der Waals surface area contributed by atoms with Gasteiger partial charge in [-0.25, -0.2) is 15.0 Å². The van der Waals surface area contributed by atoms with Crippen LogP contribution in [0.15, 0.2) is 60.1 Å². The van der Waals surface area contributed by atoms with E-state index in [-0.39, 0.29) is 0 Å². The highest BCUT2D eigenvalue weighted by Gasteiger charge is 2.12. The molecule has 0 saturated carbocycles. The summed E-state index contributed by atoms with van der Waals surface area (Å²) in [6.07, 6.45) is 2.59. The number of thiazole rings is 1. The van der Waals surface area contributed by atoms with Crippen LogP contribution in [0.25, 0.3) is 10.7 Å². The maximum atomic E-state index is 4.70. The summed E-state index contributed by atoms with van der Waals surface area (Å²) in [6, 6.07) is 16.3.